The van der Waals surface area contributed by atoms with Gasteiger partial charge in [-0.15, -0.1) is 0 Å². The molecule has 1 amide bonds. The summed E-state index contributed by atoms with van der Waals surface area (Å²) in [6.45, 7) is 2.56. The molecule has 0 radical (unpaired) electrons. The van der Waals surface area contributed by atoms with E-state index in [-0.39, 0.29) is 5.91 Å². The molecule has 1 aromatic heterocycles. The molecule has 5 nitrogen and oxygen atoms in total. The topological polar surface area (TPSA) is 60.5 Å². The van der Waals surface area contributed by atoms with Crippen LogP contribution in [0.1, 0.15) is 18.9 Å². The molecule has 1 aromatic carbocycles. The van der Waals surface area contributed by atoms with E-state index in [9.17, 15) is 4.79 Å². The van der Waals surface area contributed by atoms with Crippen molar-refractivity contribution in [1.82, 2.24) is 4.98 Å². The van der Waals surface area contributed by atoms with Crippen molar-refractivity contribution >= 4 is 11.6 Å². The number of hydrogen-bond acceptors (Lipinski definition) is 4. The molecule has 116 valence electrons. The number of para-hydroxylation sites is 1. The zero-order chi connectivity index (χ0) is 15.8. The molecule has 22 heavy (non-hydrogen) atoms. The number of benzene rings is 1. The van der Waals surface area contributed by atoms with Gasteiger partial charge >= 0.3 is 0 Å². The summed E-state index contributed by atoms with van der Waals surface area (Å²) in [7, 11) is 1.55. The highest BCUT2D eigenvalue weighted by molar-refractivity contribution is 5.90. The number of carbonyl (C=O) groups excluding carboxylic acids is 1. The normalized spacial score (nSPS) is 10.1. The number of hydrogen-bond donors (Lipinski definition) is 1. The molecular weight excluding hydrogens is 280 g/mol. The number of pyridine rings is 1. The fourth-order valence-electron chi connectivity index (χ4n) is 2.05. The Bertz CT molecular complexity index is 612. The van der Waals surface area contributed by atoms with Gasteiger partial charge in [-0.25, -0.2) is 4.98 Å². The molecule has 0 aliphatic rings. The maximum absolute atomic E-state index is 12.0. The van der Waals surface area contributed by atoms with Gasteiger partial charge in [0.05, 0.1) is 25.6 Å². The molecule has 1 N–H and O–H groups in total. The number of carbonyl (C=O) groups is 1. The number of amides is 1. The predicted molar refractivity (Wildman–Crippen MR) is 85.4 cm³/mol. The molecule has 0 bridgehead atoms. The molecule has 0 fully saturated rings. The number of aromatic nitrogens is 1. The van der Waals surface area contributed by atoms with Crippen LogP contribution >= 0.6 is 0 Å². The first-order chi connectivity index (χ1) is 10.7. The van der Waals surface area contributed by atoms with Crippen LogP contribution in [0.3, 0.4) is 0 Å². The zero-order valence-electron chi connectivity index (χ0n) is 12.8. The third-order valence-corrected chi connectivity index (χ3v) is 3.12. The highest BCUT2D eigenvalue weighted by atomic mass is 16.5. The summed E-state index contributed by atoms with van der Waals surface area (Å²) in [6, 6.07) is 11.2. The lowest BCUT2D eigenvalue weighted by atomic mass is 10.1. The number of ether oxygens (including phenoxy) is 2. The quantitative estimate of drug-likeness (QED) is 0.853. The Labute approximate surface area is 130 Å². The van der Waals surface area contributed by atoms with Gasteiger partial charge in [0.25, 0.3) is 0 Å². The Hall–Kier alpha value is -2.56. The van der Waals surface area contributed by atoms with Crippen LogP contribution in [0.25, 0.3) is 0 Å². The van der Waals surface area contributed by atoms with E-state index in [1.807, 2.05) is 31.2 Å². The summed E-state index contributed by atoms with van der Waals surface area (Å²) < 4.78 is 10.5. The molecule has 2 aromatic rings. The van der Waals surface area contributed by atoms with E-state index in [1.165, 1.54) is 0 Å². The molecule has 1 heterocycles. The molecule has 2 rings (SSSR count). The second-order valence-corrected chi connectivity index (χ2v) is 4.68. The minimum Gasteiger partial charge on any atom is -0.494 e. The minimum absolute atomic E-state index is 0.0572. The van der Waals surface area contributed by atoms with Crippen molar-refractivity contribution in [2.24, 2.45) is 0 Å². The van der Waals surface area contributed by atoms with E-state index >= 15 is 0 Å². The summed E-state index contributed by atoms with van der Waals surface area (Å²) in [6.07, 6.45) is 2.59. The standard InChI is InChI=1S/C17H20N2O3/c1-3-22-15-7-5-4-6-13(15)8-10-16(20)19-14-9-11-17(21-2)18-12-14/h4-7,9,11-12H,3,8,10H2,1-2H3,(H,19,20). The number of nitrogens with one attached hydrogen (secondary N) is 1. The number of nitrogens with zero attached hydrogens (tertiary/aromatic N) is 1. The van der Waals surface area contributed by atoms with E-state index < -0.39 is 0 Å². The molecule has 0 unspecified atom stereocenters. The molecule has 0 saturated carbocycles. The van der Waals surface area contributed by atoms with Crippen LogP contribution in [0.5, 0.6) is 11.6 Å². The lowest BCUT2D eigenvalue weighted by Gasteiger charge is -2.10. The maximum atomic E-state index is 12.0. The van der Waals surface area contributed by atoms with Crippen molar-refractivity contribution < 1.29 is 14.3 Å². The summed E-state index contributed by atoms with van der Waals surface area (Å²) in [5.41, 5.74) is 1.69. The number of aryl methyl sites for hydroxylation is 1. The van der Waals surface area contributed by atoms with Gasteiger partial charge in [-0.05, 0) is 31.0 Å². The van der Waals surface area contributed by atoms with Crippen LogP contribution in [0.15, 0.2) is 42.6 Å². The Morgan fingerprint density at radius 1 is 1.23 bits per heavy atom. The first-order valence-corrected chi connectivity index (χ1v) is 7.23. The van der Waals surface area contributed by atoms with E-state index in [0.717, 1.165) is 11.3 Å². The fourth-order valence-corrected chi connectivity index (χ4v) is 2.05. The highest BCUT2D eigenvalue weighted by Crippen LogP contribution is 2.20. The van der Waals surface area contributed by atoms with Gasteiger partial charge in [-0.2, -0.15) is 0 Å². The Morgan fingerprint density at radius 2 is 2.05 bits per heavy atom. The molecule has 5 heteroatoms. The Balaban J connectivity index is 1.89. The predicted octanol–water partition coefficient (Wildman–Crippen LogP) is 3.06. The second kappa shape index (κ2) is 8.02. The second-order valence-electron chi connectivity index (χ2n) is 4.68. The molecular formula is C17H20N2O3. The molecule has 0 aliphatic heterocycles. The van der Waals surface area contributed by atoms with E-state index in [4.69, 9.17) is 9.47 Å². The summed E-state index contributed by atoms with van der Waals surface area (Å²) in [4.78, 5) is 16.0. The number of anilines is 1. The number of methoxy groups -OCH3 is 1. The summed E-state index contributed by atoms with van der Waals surface area (Å²) >= 11 is 0. The lowest BCUT2D eigenvalue weighted by molar-refractivity contribution is -0.116. The fraction of sp³-hybridized carbons (Fsp3) is 0.294. The molecule has 0 spiro atoms. The third kappa shape index (κ3) is 4.48. The summed E-state index contributed by atoms with van der Waals surface area (Å²) in [5.74, 6) is 1.30. The van der Waals surface area contributed by atoms with Crippen molar-refractivity contribution in [3.63, 3.8) is 0 Å². The maximum Gasteiger partial charge on any atom is 0.224 e. The highest BCUT2D eigenvalue weighted by Gasteiger charge is 2.07. The number of rotatable bonds is 7. The molecule has 0 aliphatic carbocycles. The monoisotopic (exact) mass is 300 g/mol. The van der Waals surface area contributed by atoms with Crippen molar-refractivity contribution in [3.05, 3.63) is 48.2 Å². The van der Waals surface area contributed by atoms with Gasteiger partial charge < -0.3 is 14.8 Å². The first kappa shape index (κ1) is 15.8. The minimum atomic E-state index is -0.0572. The average molecular weight is 300 g/mol. The van der Waals surface area contributed by atoms with Gasteiger partial charge in [0, 0.05) is 12.5 Å². The van der Waals surface area contributed by atoms with Crippen molar-refractivity contribution in [2.45, 2.75) is 19.8 Å². The van der Waals surface area contributed by atoms with Crippen LogP contribution in [-0.2, 0) is 11.2 Å². The smallest absolute Gasteiger partial charge is 0.224 e. The van der Waals surface area contributed by atoms with Crippen LogP contribution < -0.4 is 14.8 Å². The molecule has 0 saturated heterocycles. The van der Waals surface area contributed by atoms with Crippen LogP contribution in [0, 0.1) is 0 Å². The Kier molecular flexibility index (Phi) is 5.77. The van der Waals surface area contributed by atoms with Crippen molar-refractivity contribution in [2.75, 3.05) is 19.0 Å². The largest absolute Gasteiger partial charge is 0.494 e. The molecule has 0 atom stereocenters. The van der Waals surface area contributed by atoms with Crippen molar-refractivity contribution in [3.8, 4) is 11.6 Å². The van der Waals surface area contributed by atoms with Gasteiger partial charge in [-0.3, -0.25) is 4.79 Å². The van der Waals surface area contributed by atoms with Gasteiger partial charge in [0.1, 0.15) is 5.75 Å². The van der Waals surface area contributed by atoms with E-state index in [2.05, 4.69) is 10.3 Å². The Morgan fingerprint density at radius 3 is 2.73 bits per heavy atom. The van der Waals surface area contributed by atoms with Crippen molar-refractivity contribution in [1.29, 1.82) is 0 Å². The van der Waals surface area contributed by atoms with Crippen LogP contribution in [0.4, 0.5) is 5.69 Å². The zero-order valence-corrected chi connectivity index (χ0v) is 12.8. The van der Waals surface area contributed by atoms with Gasteiger partial charge in [0.2, 0.25) is 11.8 Å². The van der Waals surface area contributed by atoms with E-state index in [0.29, 0.717) is 31.0 Å². The van der Waals surface area contributed by atoms with Gasteiger partial charge in [-0.1, -0.05) is 18.2 Å². The van der Waals surface area contributed by atoms with E-state index in [1.54, 1.807) is 25.4 Å². The SMILES string of the molecule is CCOc1ccccc1CCC(=O)Nc1ccc(OC)nc1. The van der Waals surface area contributed by atoms with Crippen LogP contribution in [-0.4, -0.2) is 24.6 Å². The third-order valence-electron chi connectivity index (χ3n) is 3.12. The average Bonchev–Trinajstić information content (AvgIpc) is 2.55. The summed E-state index contributed by atoms with van der Waals surface area (Å²) in [5, 5.41) is 2.82. The lowest BCUT2D eigenvalue weighted by Crippen LogP contribution is -2.12. The first-order valence-electron chi connectivity index (χ1n) is 7.23. The van der Waals surface area contributed by atoms with Crippen LogP contribution in [0.2, 0.25) is 0 Å². The van der Waals surface area contributed by atoms with Gasteiger partial charge in [0.15, 0.2) is 0 Å².